The van der Waals surface area contributed by atoms with E-state index in [-0.39, 0.29) is 10.6 Å². The summed E-state index contributed by atoms with van der Waals surface area (Å²) < 4.78 is 27.7. The highest BCUT2D eigenvalue weighted by Gasteiger charge is 2.16. The zero-order chi connectivity index (χ0) is 14.8. The standard InChI is InChI=1S/C13H10BrN3O2S/c1-9-2-3-10(14)6-13(9)17-20(18,19)12-5-4-11(7-15)16-8-12/h2-6,8,17H,1H3. The van der Waals surface area contributed by atoms with Crippen molar-refractivity contribution in [3.8, 4) is 6.07 Å². The number of halogens is 1. The first-order chi connectivity index (χ1) is 9.42. The minimum Gasteiger partial charge on any atom is -0.279 e. The molecule has 20 heavy (non-hydrogen) atoms. The Kier molecular flexibility index (Phi) is 4.06. The predicted octanol–water partition coefficient (Wildman–Crippen LogP) is 2.83. The molecule has 0 unspecified atom stereocenters. The first-order valence-corrected chi connectivity index (χ1v) is 7.85. The monoisotopic (exact) mass is 351 g/mol. The molecule has 0 aliphatic carbocycles. The number of aromatic nitrogens is 1. The van der Waals surface area contributed by atoms with Gasteiger partial charge in [-0.3, -0.25) is 4.72 Å². The van der Waals surface area contributed by atoms with Crippen LogP contribution in [0.4, 0.5) is 5.69 Å². The first-order valence-electron chi connectivity index (χ1n) is 5.57. The lowest BCUT2D eigenvalue weighted by molar-refractivity contribution is 0.600. The lowest BCUT2D eigenvalue weighted by atomic mass is 10.2. The van der Waals surface area contributed by atoms with E-state index in [1.54, 1.807) is 19.1 Å². The van der Waals surface area contributed by atoms with Gasteiger partial charge in [-0.25, -0.2) is 13.4 Å². The molecule has 0 fully saturated rings. The molecule has 5 nitrogen and oxygen atoms in total. The summed E-state index contributed by atoms with van der Waals surface area (Å²) in [4.78, 5) is 3.77. The number of sulfonamides is 1. The number of nitriles is 1. The van der Waals surface area contributed by atoms with Crippen LogP contribution in [0.5, 0.6) is 0 Å². The molecule has 0 saturated carbocycles. The second kappa shape index (κ2) is 5.61. The number of rotatable bonds is 3. The van der Waals surface area contributed by atoms with Crippen LogP contribution in [-0.2, 0) is 10.0 Å². The number of nitrogens with zero attached hydrogens (tertiary/aromatic N) is 2. The molecule has 1 heterocycles. The molecule has 1 aromatic carbocycles. The van der Waals surface area contributed by atoms with E-state index in [2.05, 4.69) is 25.6 Å². The van der Waals surface area contributed by atoms with Crippen molar-refractivity contribution in [2.75, 3.05) is 4.72 Å². The summed E-state index contributed by atoms with van der Waals surface area (Å²) in [7, 11) is -3.72. The van der Waals surface area contributed by atoms with Gasteiger partial charge in [0, 0.05) is 10.7 Å². The molecule has 0 saturated heterocycles. The van der Waals surface area contributed by atoms with Crippen molar-refractivity contribution in [2.45, 2.75) is 11.8 Å². The van der Waals surface area contributed by atoms with Gasteiger partial charge in [-0.05, 0) is 36.8 Å². The highest BCUT2D eigenvalue weighted by Crippen LogP contribution is 2.23. The van der Waals surface area contributed by atoms with Crippen LogP contribution < -0.4 is 4.72 Å². The van der Waals surface area contributed by atoms with E-state index in [1.807, 2.05) is 12.1 Å². The van der Waals surface area contributed by atoms with Crippen LogP contribution in [0.15, 0.2) is 45.9 Å². The fourth-order valence-electron chi connectivity index (χ4n) is 1.51. The summed E-state index contributed by atoms with van der Waals surface area (Å²) in [5.74, 6) is 0. The Morgan fingerprint density at radius 2 is 2.05 bits per heavy atom. The van der Waals surface area contributed by atoms with Crippen LogP contribution in [0.25, 0.3) is 0 Å². The van der Waals surface area contributed by atoms with Crippen LogP contribution in [0.1, 0.15) is 11.3 Å². The van der Waals surface area contributed by atoms with E-state index in [9.17, 15) is 8.42 Å². The molecule has 1 N–H and O–H groups in total. The Morgan fingerprint density at radius 1 is 1.30 bits per heavy atom. The third-order valence-corrected chi connectivity index (χ3v) is 4.45. The maximum atomic E-state index is 12.2. The Balaban J connectivity index is 2.35. The van der Waals surface area contributed by atoms with Gasteiger partial charge < -0.3 is 0 Å². The summed E-state index contributed by atoms with van der Waals surface area (Å²) in [6.07, 6.45) is 1.16. The summed E-state index contributed by atoms with van der Waals surface area (Å²) in [5.41, 5.74) is 1.46. The highest BCUT2D eigenvalue weighted by atomic mass is 79.9. The third kappa shape index (κ3) is 3.15. The van der Waals surface area contributed by atoms with E-state index < -0.39 is 10.0 Å². The number of hydrogen-bond donors (Lipinski definition) is 1. The van der Waals surface area contributed by atoms with Crippen LogP contribution in [0, 0.1) is 18.3 Å². The maximum absolute atomic E-state index is 12.2. The first kappa shape index (κ1) is 14.5. The quantitative estimate of drug-likeness (QED) is 0.921. The smallest absolute Gasteiger partial charge is 0.263 e. The Morgan fingerprint density at radius 3 is 2.65 bits per heavy atom. The van der Waals surface area contributed by atoms with Gasteiger partial charge in [0.15, 0.2) is 0 Å². The number of hydrogen-bond acceptors (Lipinski definition) is 4. The van der Waals surface area contributed by atoms with Gasteiger partial charge in [-0.1, -0.05) is 22.0 Å². The van der Waals surface area contributed by atoms with Gasteiger partial charge in [0.25, 0.3) is 10.0 Å². The van der Waals surface area contributed by atoms with Gasteiger partial charge in [-0.15, -0.1) is 0 Å². The predicted molar refractivity (Wildman–Crippen MR) is 78.6 cm³/mol. The molecule has 0 amide bonds. The topological polar surface area (TPSA) is 82.9 Å². The zero-order valence-corrected chi connectivity index (χ0v) is 12.9. The van der Waals surface area contributed by atoms with Crippen molar-refractivity contribution in [3.63, 3.8) is 0 Å². The lowest BCUT2D eigenvalue weighted by Crippen LogP contribution is -2.14. The number of aryl methyl sites for hydroxylation is 1. The maximum Gasteiger partial charge on any atom is 0.263 e. The van der Waals surface area contributed by atoms with Crippen LogP contribution in [0.3, 0.4) is 0 Å². The fourth-order valence-corrected chi connectivity index (χ4v) is 2.94. The number of benzene rings is 1. The van der Waals surface area contributed by atoms with Crippen LogP contribution >= 0.6 is 15.9 Å². The lowest BCUT2D eigenvalue weighted by Gasteiger charge is -2.10. The average Bonchev–Trinajstić information content (AvgIpc) is 2.43. The number of nitrogens with one attached hydrogen (secondary N) is 1. The van der Waals surface area contributed by atoms with Gasteiger partial charge in [-0.2, -0.15) is 5.26 Å². The molecular formula is C13H10BrN3O2S. The third-order valence-electron chi connectivity index (χ3n) is 2.61. The Bertz CT molecular complexity index is 780. The van der Waals surface area contributed by atoms with E-state index >= 15 is 0 Å². The number of pyridine rings is 1. The largest absolute Gasteiger partial charge is 0.279 e. The van der Waals surface area contributed by atoms with Crippen molar-refractivity contribution in [2.24, 2.45) is 0 Å². The average molecular weight is 352 g/mol. The fraction of sp³-hybridized carbons (Fsp3) is 0.0769. The van der Waals surface area contributed by atoms with E-state index in [0.29, 0.717) is 5.69 Å². The normalized spacial score (nSPS) is 10.8. The Labute approximate surface area is 125 Å². The summed E-state index contributed by atoms with van der Waals surface area (Å²) in [6, 6.07) is 9.87. The van der Waals surface area contributed by atoms with E-state index in [4.69, 9.17) is 5.26 Å². The van der Waals surface area contributed by atoms with Gasteiger partial charge in [0.1, 0.15) is 16.7 Å². The molecular weight excluding hydrogens is 342 g/mol. The summed E-state index contributed by atoms with van der Waals surface area (Å²) in [5, 5.41) is 8.65. The molecule has 0 spiro atoms. The Hall–Kier alpha value is -1.91. The summed E-state index contributed by atoms with van der Waals surface area (Å²) >= 11 is 3.30. The van der Waals surface area contributed by atoms with Gasteiger partial charge >= 0.3 is 0 Å². The molecule has 0 aliphatic heterocycles. The van der Waals surface area contributed by atoms with E-state index in [0.717, 1.165) is 16.2 Å². The van der Waals surface area contributed by atoms with Crippen molar-refractivity contribution < 1.29 is 8.42 Å². The second-order valence-electron chi connectivity index (χ2n) is 4.06. The van der Waals surface area contributed by atoms with Crippen molar-refractivity contribution in [1.29, 1.82) is 5.26 Å². The molecule has 0 aliphatic rings. The second-order valence-corrected chi connectivity index (χ2v) is 6.65. The van der Waals surface area contributed by atoms with Gasteiger partial charge in [0.05, 0.1) is 5.69 Å². The zero-order valence-electron chi connectivity index (χ0n) is 10.5. The molecule has 0 bridgehead atoms. The molecule has 2 aromatic rings. The van der Waals surface area contributed by atoms with Crippen molar-refractivity contribution >= 4 is 31.6 Å². The molecule has 102 valence electrons. The van der Waals surface area contributed by atoms with Crippen molar-refractivity contribution in [1.82, 2.24) is 4.98 Å². The molecule has 7 heteroatoms. The molecule has 0 radical (unpaired) electrons. The van der Waals surface area contributed by atoms with Crippen LogP contribution in [-0.4, -0.2) is 13.4 Å². The highest BCUT2D eigenvalue weighted by molar-refractivity contribution is 9.10. The molecule has 0 atom stereocenters. The van der Waals surface area contributed by atoms with Crippen LogP contribution in [0.2, 0.25) is 0 Å². The van der Waals surface area contributed by atoms with Crippen molar-refractivity contribution in [3.05, 3.63) is 52.3 Å². The number of anilines is 1. The minimum atomic E-state index is -3.72. The minimum absolute atomic E-state index is 0.0101. The van der Waals surface area contributed by atoms with E-state index in [1.165, 1.54) is 12.1 Å². The molecule has 2 rings (SSSR count). The summed E-state index contributed by atoms with van der Waals surface area (Å²) in [6.45, 7) is 1.81. The van der Waals surface area contributed by atoms with Gasteiger partial charge in [0.2, 0.25) is 0 Å². The SMILES string of the molecule is Cc1ccc(Br)cc1NS(=O)(=O)c1ccc(C#N)nc1. The molecule has 1 aromatic heterocycles.